The van der Waals surface area contributed by atoms with Gasteiger partial charge in [-0.25, -0.2) is 14.6 Å². The molecule has 0 spiro atoms. The highest BCUT2D eigenvalue weighted by Crippen LogP contribution is 2.58. The SMILES string of the molecule is CCNC(=O)[C@H](C)NC(=O)CN1C(=O)C(=O)N(C23CC4CC(CC(C4)C2)C3)C1=O. The van der Waals surface area contributed by atoms with Gasteiger partial charge in [0, 0.05) is 6.54 Å². The lowest BCUT2D eigenvalue weighted by atomic mass is 9.52. The van der Waals surface area contributed by atoms with Gasteiger partial charge in [-0.2, -0.15) is 0 Å². The molecule has 5 fully saturated rings. The van der Waals surface area contributed by atoms with Crippen LogP contribution in [-0.2, 0) is 19.2 Å². The van der Waals surface area contributed by atoms with Crippen LogP contribution in [0.2, 0.25) is 0 Å². The fraction of sp³-hybridized carbons (Fsp3) is 0.750. The fourth-order valence-corrected chi connectivity index (χ4v) is 6.23. The van der Waals surface area contributed by atoms with Crippen LogP contribution in [0.3, 0.4) is 0 Å². The van der Waals surface area contributed by atoms with E-state index in [0.29, 0.717) is 24.3 Å². The number of carbonyl (C=O) groups excluding carboxylic acids is 5. The fourth-order valence-electron chi connectivity index (χ4n) is 6.23. The number of likely N-dealkylation sites (N-methyl/N-ethyl adjacent to an activating group) is 1. The molecule has 9 nitrogen and oxygen atoms in total. The standard InChI is InChI=1S/C20H28N4O5/c1-3-21-16(26)11(2)22-15(25)10-23-17(27)18(28)24(19(23)29)20-7-12-4-13(8-20)6-14(5-12)9-20/h11-14H,3-10H2,1-2H3,(H,21,26)(H,22,25)/t11-,12?,13?,14?,20?/m0/s1. The highest BCUT2D eigenvalue weighted by Gasteiger charge is 2.61. The molecule has 1 aliphatic heterocycles. The lowest BCUT2D eigenvalue weighted by Crippen LogP contribution is -2.62. The molecule has 9 heteroatoms. The smallest absolute Gasteiger partial charge is 0.335 e. The first-order valence-corrected chi connectivity index (χ1v) is 10.5. The topological polar surface area (TPSA) is 116 Å². The summed E-state index contributed by atoms with van der Waals surface area (Å²) in [7, 11) is 0. The first-order valence-electron chi connectivity index (χ1n) is 10.5. The van der Waals surface area contributed by atoms with Gasteiger partial charge in [0.1, 0.15) is 12.6 Å². The van der Waals surface area contributed by atoms with Crippen molar-refractivity contribution in [2.75, 3.05) is 13.1 Å². The average Bonchev–Trinajstić information content (AvgIpc) is 2.84. The highest BCUT2D eigenvalue weighted by atomic mass is 16.2. The third kappa shape index (κ3) is 3.30. The van der Waals surface area contributed by atoms with Crippen molar-refractivity contribution < 1.29 is 24.0 Å². The van der Waals surface area contributed by atoms with E-state index in [1.807, 2.05) is 0 Å². The van der Waals surface area contributed by atoms with Gasteiger partial charge < -0.3 is 10.6 Å². The number of hydrogen-bond donors (Lipinski definition) is 2. The van der Waals surface area contributed by atoms with Crippen LogP contribution in [0.4, 0.5) is 4.79 Å². The summed E-state index contributed by atoms with van der Waals surface area (Å²) in [6, 6.07) is -1.49. The zero-order valence-electron chi connectivity index (χ0n) is 16.9. The molecule has 5 aliphatic rings. The minimum atomic E-state index is -0.952. The lowest BCUT2D eigenvalue weighted by molar-refractivity contribution is -0.150. The van der Waals surface area contributed by atoms with E-state index in [1.54, 1.807) is 6.92 Å². The van der Waals surface area contributed by atoms with E-state index in [1.165, 1.54) is 11.8 Å². The zero-order valence-corrected chi connectivity index (χ0v) is 16.9. The minimum absolute atomic E-state index is 0.355. The number of urea groups is 1. The van der Waals surface area contributed by atoms with Crippen LogP contribution in [0.5, 0.6) is 0 Å². The second-order valence-corrected chi connectivity index (χ2v) is 9.14. The number of nitrogens with zero attached hydrogens (tertiary/aromatic N) is 2. The maximum Gasteiger partial charge on any atom is 0.335 e. The summed E-state index contributed by atoms with van der Waals surface area (Å²) >= 11 is 0. The zero-order chi connectivity index (χ0) is 20.9. The summed E-state index contributed by atoms with van der Waals surface area (Å²) < 4.78 is 0. The van der Waals surface area contributed by atoms with Crippen molar-refractivity contribution in [2.45, 2.75) is 64.0 Å². The molecule has 29 heavy (non-hydrogen) atoms. The Morgan fingerprint density at radius 2 is 1.59 bits per heavy atom. The third-order valence-corrected chi connectivity index (χ3v) is 6.96. The van der Waals surface area contributed by atoms with Crippen molar-refractivity contribution in [2.24, 2.45) is 17.8 Å². The molecule has 1 atom stereocenters. The third-order valence-electron chi connectivity index (χ3n) is 6.96. The molecule has 0 aromatic carbocycles. The molecular formula is C20H28N4O5. The Kier molecular flexibility index (Phi) is 4.86. The van der Waals surface area contributed by atoms with Crippen molar-refractivity contribution in [3.8, 4) is 0 Å². The molecule has 1 heterocycles. The predicted molar refractivity (Wildman–Crippen MR) is 101 cm³/mol. The van der Waals surface area contributed by atoms with Crippen LogP contribution in [0.15, 0.2) is 0 Å². The maximum atomic E-state index is 13.1. The lowest BCUT2D eigenvalue weighted by Gasteiger charge is -2.58. The molecule has 1 saturated heterocycles. The Morgan fingerprint density at radius 3 is 2.10 bits per heavy atom. The number of imide groups is 2. The van der Waals surface area contributed by atoms with Crippen molar-refractivity contribution in [3.05, 3.63) is 0 Å². The molecule has 158 valence electrons. The van der Waals surface area contributed by atoms with Gasteiger partial charge in [0.15, 0.2) is 0 Å². The van der Waals surface area contributed by atoms with Crippen molar-refractivity contribution in [1.82, 2.24) is 20.4 Å². The van der Waals surface area contributed by atoms with E-state index in [0.717, 1.165) is 43.4 Å². The predicted octanol–water partition coefficient (Wildman–Crippen LogP) is 0.387. The number of nitrogens with one attached hydrogen (secondary N) is 2. The molecule has 0 aromatic rings. The molecule has 0 unspecified atom stereocenters. The number of amides is 6. The first kappa shape index (κ1) is 19.8. The van der Waals surface area contributed by atoms with Gasteiger partial charge in [-0.05, 0) is 70.1 Å². The Bertz CT molecular complexity index is 744. The molecule has 2 N–H and O–H groups in total. The van der Waals surface area contributed by atoms with Crippen LogP contribution in [0.25, 0.3) is 0 Å². The molecule has 0 aromatic heterocycles. The molecule has 4 saturated carbocycles. The number of carbonyl (C=O) groups is 5. The van der Waals surface area contributed by atoms with Gasteiger partial charge in [-0.3, -0.25) is 19.2 Å². The highest BCUT2D eigenvalue weighted by molar-refractivity contribution is 6.45. The molecule has 4 bridgehead atoms. The minimum Gasteiger partial charge on any atom is -0.355 e. The second-order valence-electron chi connectivity index (χ2n) is 9.14. The Morgan fingerprint density at radius 1 is 1.03 bits per heavy atom. The summed E-state index contributed by atoms with van der Waals surface area (Å²) in [5.74, 6) is -1.25. The first-order chi connectivity index (χ1) is 13.7. The number of hydrogen-bond acceptors (Lipinski definition) is 5. The normalized spacial score (nSPS) is 34.0. The number of rotatable bonds is 6. The van der Waals surface area contributed by atoms with E-state index in [9.17, 15) is 24.0 Å². The van der Waals surface area contributed by atoms with E-state index < -0.39 is 41.9 Å². The van der Waals surface area contributed by atoms with Crippen LogP contribution >= 0.6 is 0 Å². The summed E-state index contributed by atoms with van der Waals surface area (Å²) in [4.78, 5) is 64.3. The van der Waals surface area contributed by atoms with Gasteiger partial charge in [0.05, 0.1) is 5.54 Å². The van der Waals surface area contributed by atoms with Crippen molar-refractivity contribution in [1.29, 1.82) is 0 Å². The average molecular weight is 404 g/mol. The molecule has 4 aliphatic carbocycles. The van der Waals surface area contributed by atoms with E-state index in [2.05, 4.69) is 10.6 Å². The molecule has 6 amide bonds. The Labute approximate surface area is 169 Å². The quantitative estimate of drug-likeness (QED) is 0.491. The van der Waals surface area contributed by atoms with E-state index in [-0.39, 0.29) is 5.91 Å². The van der Waals surface area contributed by atoms with Crippen molar-refractivity contribution >= 4 is 29.7 Å². The van der Waals surface area contributed by atoms with Gasteiger partial charge in [-0.15, -0.1) is 0 Å². The van der Waals surface area contributed by atoms with Crippen LogP contribution in [0.1, 0.15) is 52.4 Å². The molecule has 5 rings (SSSR count). The largest absolute Gasteiger partial charge is 0.355 e. The summed E-state index contributed by atoms with van der Waals surface area (Å²) in [5.41, 5.74) is -0.571. The summed E-state index contributed by atoms with van der Waals surface area (Å²) in [6.45, 7) is 3.15. The van der Waals surface area contributed by atoms with Crippen LogP contribution < -0.4 is 10.6 Å². The monoisotopic (exact) mass is 404 g/mol. The van der Waals surface area contributed by atoms with E-state index >= 15 is 0 Å². The van der Waals surface area contributed by atoms with Gasteiger partial charge in [0.2, 0.25) is 11.8 Å². The summed E-state index contributed by atoms with van der Waals surface area (Å²) in [6.07, 6.45) is 5.72. The maximum absolute atomic E-state index is 13.1. The Balaban J connectivity index is 1.46. The van der Waals surface area contributed by atoms with Gasteiger partial charge in [-0.1, -0.05) is 0 Å². The molecular weight excluding hydrogens is 376 g/mol. The summed E-state index contributed by atoms with van der Waals surface area (Å²) in [5, 5.41) is 5.06. The van der Waals surface area contributed by atoms with Crippen LogP contribution in [-0.4, -0.2) is 64.1 Å². The van der Waals surface area contributed by atoms with Gasteiger partial charge >= 0.3 is 17.8 Å². The van der Waals surface area contributed by atoms with Gasteiger partial charge in [0.25, 0.3) is 0 Å². The second kappa shape index (κ2) is 7.11. The Hall–Kier alpha value is -2.45. The van der Waals surface area contributed by atoms with Crippen molar-refractivity contribution in [3.63, 3.8) is 0 Å². The molecule has 0 radical (unpaired) electrons. The van der Waals surface area contributed by atoms with Crippen LogP contribution in [0, 0.1) is 17.8 Å². The van der Waals surface area contributed by atoms with E-state index in [4.69, 9.17) is 0 Å².